The third-order valence-corrected chi connectivity index (χ3v) is 6.23. The molecule has 1 aromatic carbocycles. The number of piperidine rings is 1. The number of ether oxygens (including phenoxy) is 1. The van der Waals surface area contributed by atoms with Gasteiger partial charge in [0.1, 0.15) is 6.61 Å². The van der Waals surface area contributed by atoms with Gasteiger partial charge in [-0.15, -0.1) is 11.3 Å². The summed E-state index contributed by atoms with van der Waals surface area (Å²) in [6.07, 6.45) is 1.39. The van der Waals surface area contributed by atoms with Gasteiger partial charge < -0.3 is 9.64 Å². The van der Waals surface area contributed by atoms with Gasteiger partial charge in [0.05, 0.1) is 21.8 Å². The summed E-state index contributed by atoms with van der Waals surface area (Å²) in [5.74, 6) is 0.426. The molecule has 0 bridgehead atoms. The van der Waals surface area contributed by atoms with Gasteiger partial charge >= 0.3 is 6.09 Å². The minimum atomic E-state index is -0.205. The second-order valence-electron chi connectivity index (χ2n) is 7.35. The molecule has 0 spiro atoms. The van der Waals surface area contributed by atoms with Crippen LogP contribution < -0.4 is 0 Å². The van der Waals surface area contributed by atoms with E-state index in [1.165, 1.54) is 0 Å². The van der Waals surface area contributed by atoms with Crippen LogP contribution in [-0.2, 0) is 4.74 Å². The van der Waals surface area contributed by atoms with Gasteiger partial charge in [-0.05, 0) is 37.0 Å². The smallest absolute Gasteiger partial charge is 0.410 e. The van der Waals surface area contributed by atoms with Crippen molar-refractivity contribution < 1.29 is 14.3 Å². The number of amides is 2. The Morgan fingerprint density at radius 1 is 1.31 bits per heavy atom. The number of cyclic esters (lactones) is 1. The molecule has 7 heteroatoms. The molecule has 0 N–H and O–H groups in total. The molecule has 3 heterocycles. The Kier molecular flexibility index (Phi) is 4.56. The maximum Gasteiger partial charge on any atom is 0.410 e. The zero-order valence-corrected chi connectivity index (χ0v) is 15.9. The molecular weight excluding hydrogens is 350 g/mol. The molecule has 138 valence electrons. The third-order valence-electron chi connectivity index (χ3n) is 5.44. The van der Waals surface area contributed by atoms with Crippen LogP contribution in [0.2, 0.25) is 0 Å². The largest absolute Gasteiger partial charge is 0.447 e. The van der Waals surface area contributed by atoms with E-state index in [4.69, 9.17) is 4.74 Å². The Morgan fingerprint density at radius 2 is 2.08 bits per heavy atom. The summed E-state index contributed by atoms with van der Waals surface area (Å²) >= 11 is 1.55. The molecule has 2 saturated heterocycles. The highest BCUT2D eigenvalue weighted by Gasteiger charge is 2.41. The van der Waals surface area contributed by atoms with Gasteiger partial charge in [0, 0.05) is 24.7 Å². The summed E-state index contributed by atoms with van der Waals surface area (Å²) < 4.78 is 6.30. The quantitative estimate of drug-likeness (QED) is 0.827. The molecule has 26 heavy (non-hydrogen) atoms. The molecule has 2 amide bonds. The lowest BCUT2D eigenvalue weighted by Crippen LogP contribution is -2.50. The second kappa shape index (κ2) is 6.87. The third kappa shape index (κ3) is 3.05. The minimum Gasteiger partial charge on any atom is -0.447 e. The van der Waals surface area contributed by atoms with Gasteiger partial charge in [0.15, 0.2) is 0 Å². The lowest BCUT2D eigenvalue weighted by Gasteiger charge is -2.38. The Balaban J connectivity index is 1.43. The van der Waals surface area contributed by atoms with E-state index in [1.807, 2.05) is 28.0 Å². The van der Waals surface area contributed by atoms with Crippen LogP contribution in [0, 0.1) is 5.92 Å². The minimum absolute atomic E-state index is 0.0585. The predicted octanol–water partition coefficient (Wildman–Crippen LogP) is 3.38. The van der Waals surface area contributed by atoms with Gasteiger partial charge in [-0.2, -0.15) is 0 Å². The fraction of sp³-hybridized carbons (Fsp3) is 0.526. The van der Waals surface area contributed by atoms with Gasteiger partial charge in [-0.3, -0.25) is 9.69 Å². The van der Waals surface area contributed by atoms with E-state index in [0.717, 1.165) is 23.1 Å². The van der Waals surface area contributed by atoms with Gasteiger partial charge in [0.2, 0.25) is 0 Å². The number of fused-ring (bicyclic) bond motifs is 1. The highest BCUT2D eigenvalue weighted by molar-refractivity contribution is 7.16. The first-order chi connectivity index (χ1) is 12.5. The van der Waals surface area contributed by atoms with Gasteiger partial charge in [0.25, 0.3) is 5.91 Å². The molecule has 2 aliphatic rings. The highest BCUT2D eigenvalue weighted by atomic mass is 32.1. The zero-order chi connectivity index (χ0) is 18.3. The summed E-state index contributed by atoms with van der Waals surface area (Å²) in [4.78, 5) is 33.0. The van der Waals surface area contributed by atoms with Crippen molar-refractivity contribution in [1.82, 2.24) is 14.8 Å². The topological polar surface area (TPSA) is 62.7 Å². The number of nitrogens with zero attached hydrogens (tertiary/aromatic N) is 3. The lowest BCUT2D eigenvalue weighted by atomic mass is 9.97. The number of benzene rings is 1. The standard InChI is InChI=1S/C19H23N3O3S/c1-12(2)16-10-25-19(24)22(16)14-5-7-21(8-6-14)18(23)13-3-4-15-17(9-13)26-11-20-15/h3-4,9,11-12,14,16H,5-8,10H2,1-2H3. The van der Waals surface area contributed by atoms with Crippen LogP contribution >= 0.6 is 11.3 Å². The van der Waals surface area contributed by atoms with Crippen molar-refractivity contribution in [2.75, 3.05) is 19.7 Å². The van der Waals surface area contributed by atoms with Crippen molar-refractivity contribution in [2.24, 2.45) is 5.92 Å². The van der Waals surface area contributed by atoms with E-state index in [0.29, 0.717) is 31.2 Å². The molecule has 4 rings (SSSR count). The molecule has 0 radical (unpaired) electrons. The summed E-state index contributed by atoms with van der Waals surface area (Å²) in [6, 6.07) is 5.98. The molecular formula is C19H23N3O3S. The Hall–Kier alpha value is -2.15. The van der Waals surface area contributed by atoms with Crippen LogP contribution in [0.5, 0.6) is 0 Å². The number of likely N-dealkylation sites (tertiary alicyclic amines) is 1. The number of hydrogen-bond acceptors (Lipinski definition) is 5. The van der Waals surface area contributed by atoms with Crippen molar-refractivity contribution in [3.63, 3.8) is 0 Å². The van der Waals surface area contributed by atoms with E-state index in [2.05, 4.69) is 18.8 Å². The number of carbonyl (C=O) groups excluding carboxylic acids is 2. The molecule has 1 unspecified atom stereocenters. The Morgan fingerprint density at radius 3 is 2.81 bits per heavy atom. The molecule has 6 nitrogen and oxygen atoms in total. The Bertz CT molecular complexity index is 826. The average Bonchev–Trinajstić information content (AvgIpc) is 3.27. The van der Waals surface area contributed by atoms with Crippen molar-refractivity contribution in [3.8, 4) is 0 Å². The zero-order valence-electron chi connectivity index (χ0n) is 15.1. The van der Waals surface area contributed by atoms with Crippen LogP contribution in [0.3, 0.4) is 0 Å². The maximum atomic E-state index is 12.8. The number of rotatable bonds is 3. The fourth-order valence-electron chi connectivity index (χ4n) is 3.90. The number of aromatic nitrogens is 1. The predicted molar refractivity (Wildman–Crippen MR) is 100 cm³/mol. The molecule has 0 aliphatic carbocycles. The average molecular weight is 373 g/mol. The van der Waals surface area contributed by atoms with E-state index in [-0.39, 0.29) is 24.1 Å². The van der Waals surface area contributed by atoms with E-state index in [9.17, 15) is 9.59 Å². The van der Waals surface area contributed by atoms with E-state index in [1.54, 1.807) is 16.8 Å². The highest BCUT2D eigenvalue weighted by Crippen LogP contribution is 2.28. The van der Waals surface area contributed by atoms with E-state index >= 15 is 0 Å². The Labute approximate surface area is 156 Å². The van der Waals surface area contributed by atoms with Crippen LogP contribution in [0.15, 0.2) is 23.7 Å². The molecule has 2 fully saturated rings. The molecule has 1 aromatic heterocycles. The first-order valence-corrected chi connectivity index (χ1v) is 10.00. The van der Waals surface area contributed by atoms with Crippen molar-refractivity contribution in [1.29, 1.82) is 0 Å². The monoisotopic (exact) mass is 373 g/mol. The van der Waals surface area contributed by atoms with Crippen LogP contribution in [0.1, 0.15) is 37.0 Å². The summed E-state index contributed by atoms with van der Waals surface area (Å²) in [7, 11) is 0. The summed E-state index contributed by atoms with van der Waals surface area (Å²) in [6.45, 7) is 6.05. The van der Waals surface area contributed by atoms with Crippen LogP contribution in [-0.4, -0.2) is 58.6 Å². The first kappa shape index (κ1) is 17.3. The van der Waals surface area contributed by atoms with Crippen molar-refractivity contribution >= 4 is 33.6 Å². The first-order valence-electron chi connectivity index (χ1n) is 9.12. The normalized spacial score (nSPS) is 21.7. The van der Waals surface area contributed by atoms with Crippen molar-refractivity contribution in [2.45, 2.75) is 38.8 Å². The maximum absolute atomic E-state index is 12.8. The number of hydrogen-bond donors (Lipinski definition) is 0. The molecule has 2 aliphatic heterocycles. The summed E-state index contributed by atoms with van der Waals surface area (Å²) in [5, 5.41) is 0. The van der Waals surface area contributed by atoms with Crippen LogP contribution in [0.4, 0.5) is 4.79 Å². The lowest BCUT2D eigenvalue weighted by molar-refractivity contribution is 0.0620. The van der Waals surface area contributed by atoms with Gasteiger partial charge in [-0.1, -0.05) is 13.8 Å². The van der Waals surface area contributed by atoms with Crippen LogP contribution in [0.25, 0.3) is 10.2 Å². The molecule has 1 atom stereocenters. The number of carbonyl (C=O) groups is 2. The second-order valence-corrected chi connectivity index (χ2v) is 8.24. The van der Waals surface area contributed by atoms with Crippen molar-refractivity contribution in [3.05, 3.63) is 29.3 Å². The summed E-state index contributed by atoms with van der Waals surface area (Å²) in [5.41, 5.74) is 3.43. The number of thiazole rings is 1. The van der Waals surface area contributed by atoms with Gasteiger partial charge in [-0.25, -0.2) is 9.78 Å². The fourth-order valence-corrected chi connectivity index (χ4v) is 4.61. The van der Waals surface area contributed by atoms with E-state index < -0.39 is 0 Å². The molecule has 2 aromatic rings. The molecule has 0 saturated carbocycles. The SMILES string of the molecule is CC(C)C1COC(=O)N1C1CCN(C(=O)c2ccc3ncsc3c2)CC1.